The summed E-state index contributed by atoms with van der Waals surface area (Å²) in [6.45, 7) is 2.73. The molecule has 0 unspecified atom stereocenters. The van der Waals surface area contributed by atoms with E-state index >= 15 is 0 Å². The van der Waals surface area contributed by atoms with E-state index in [0.717, 1.165) is 10.9 Å². The van der Waals surface area contributed by atoms with Gasteiger partial charge in [-0.15, -0.1) is 0 Å². The van der Waals surface area contributed by atoms with Gasteiger partial charge in [-0.05, 0) is 13.0 Å². The maximum Gasteiger partial charge on any atom is 0.162 e. The summed E-state index contributed by atoms with van der Waals surface area (Å²) in [5.41, 5.74) is 6.64. The van der Waals surface area contributed by atoms with E-state index in [0.29, 0.717) is 36.4 Å². The number of aromatic nitrogens is 2. The molecule has 2 rings (SSSR count). The van der Waals surface area contributed by atoms with Gasteiger partial charge in [-0.2, -0.15) is 0 Å². The second kappa shape index (κ2) is 5.71. The van der Waals surface area contributed by atoms with Crippen molar-refractivity contribution in [3.8, 4) is 11.5 Å². The zero-order chi connectivity index (χ0) is 13.8. The lowest BCUT2D eigenvalue weighted by Crippen LogP contribution is -2.06. The Balaban J connectivity index is 2.45. The van der Waals surface area contributed by atoms with E-state index in [1.807, 2.05) is 0 Å². The number of aryl methyl sites for hydroxylation is 1. The molecule has 6 heteroatoms. The first kappa shape index (κ1) is 13.4. The van der Waals surface area contributed by atoms with E-state index in [4.69, 9.17) is 19.9 Å². The lowest BCUT2D eigenvalue weighted by molar-refractivity contribution is 0.144. The molecule has 2 N–H and O–H groups in total. The van der Waals surface area contributed by atoms with Crippen molar-refractivity contribution in [3.63, 3.8) is 0 Å². The van der Waals surface area contributed by atoms with Crippen LogP contribution in [0.2, 0.25) is 0 Å². The van der Waals surface area contributed by atoms with Gasteiger partial charge in [-0.25, -0.2) is 9.97 Å². The topological polar surface area (TPSA) is 79.5 Å². The molecular formula is C13H17N3O3. The average Bonchev–Trinajstić information content (AvgIpc) is 2.38. The summed E-state index contributed by atoms with van der Waals surface area (Å²) in [4.78, 5) is 8.47. The van der Waals surface area contributed by atoms with Gasteiger partial charge in [0, 0.05) is 18.6 Å². The third-order valence-electron chi connectivity index (χ3n) is 2.67. The second-order valence-corrected chi connectivity index (χ2v) is 4.02. The molecule has 19 heavy (non-hydrogen) atoms. The molecule has 0 spiro atoms. The first-order chi connectivity index (χ1) is 9.15. The summed E-state index contributed by atoms with van der Waals surface area (Å²) >= 11 is 0. The van der Waals surface area contributed by atoms with Gasteiger partial charge < -0.3 is 19.9 Å². The van der Waals surface area contributed by atoms with Crippen LogP contribution in [0.1, 0.15) is 5.82 Å². The smallest absolute Gasteiger partial charge is 0.162 e. The molecule has 2 aromatic rings. The van der Waals surface area contributed by atoms with Crippen LogP contribution in [-0.2, 0) is 4.74 Å². The molecule has 0 atom stereocenters. The highest BCUT2D eigenvalue weighted by molar-refractivity contribution is 5.90. The SMILES string of the molecule is COCCOc1cc2c(N)nc(C)nc2cc1OC. The molecule has 1 aromatic carbocycles. The summed E-state index contributed by atoms with van der Waals surface area (Å²) in [5, 5.41) is 0.749. The number of methoxy groups -OCH3 is 2. The zero-order valence-electron chi connectivity index (χ0n) is 11.3. The molecule has 0 fully saturated rings. The number of benzene rings is 1. The molecule has 0 saturated carbocycles. The molecule has 0 bridgehead atoms. The Morgan fingerprint density at radius 1 is 1.11 bits per heavy atom. The van der Waals surface area contributed by atoms with Gasteiger partial charge in [0.05, 0.1) is 19.2 Å². The van der Waals surface area contributed by atoms with E-state index in [2.05, 4.69) is 9.97 Å². The standard InChI is InChI=1S/C13H17N3O3/c1-8-15-10-7-11(18-3)12(19-5-4-17-2)6-9(10)13(14)16-8/h6-7H,4-5H2,1-3H3,(H2,14,15,16). The minimum Gasteiger partial charge on any atom is -0.493 e. The normalized spacial score (nSPS) is 10.7. The molecule has 1 heterocycles. The first-order valence-electron chi connectivity index (χ1n) is 5.89. The quantitative estimate of drug-likeness (QED) is 0.824. The highest BCUT2D eigenvalue weighted by Crippen LogP contribution is 2.33. The summed E-state index contributed by atoms with van der Waals surface area (Å²) in [7, 11) is 3.21. The average molecular weight is 263 g/mol. The fourth-order valence-corrected chi connectivity index (χ4v) is 1.79. The van der Waals surface area contributed by atoms with Crippen LogP contribution in [0.3, 0.4) is 0 Å². The van der Waals surface area contributed by atoms with Crippen molar-refractivity contribution in [2.75, 3.05) is 33.2 Å². The second-order valence-electron chi connectivity index (χ2n) is 4.02. The van der Waals surface area contributed by atoms with Gasteiger partial charge in [0.1, 0.15) is 18.2 Å². The maximum atomic E-state index is 5.90. The third kappa shape index (κ3) is 2.85. The van der Waals surface area contributed by atoms with Crippen LogP contribution in [0, 0.1) is 6.92 Å². The highest BCUT2D eigenvalue weighted by Gasteiger charge is 2.11. The van der Waals surface area contributed by atoms with Gasteiger partial charge in [0.15, 0.2) is 11.5 Å². The van der Waals surface area contributed by atoms with Crippen LogP contribution < -0.4 is 15.2 Å². The van der Waals surface area contributed by atoms with Gasteiger partial charge >= 0.3 is 0 Å². The van der Waals surface area contributed by atoms with Crippen molar-refractivity contribution in [2.45, 2.75) is 6.92 Å². The maximum absolute atomic E-state index is 5.90. The van der Waals surface area contributed by atoms with Crippen molar-refractivity contribution in [2.24, 2.45) is 0 Å². The van der Waals surface area contributed by atoms with E-state index in [9.17, 15) is 0 Å². The van der Waals surface area contributed by atoms with E-state index < -0.39 is 0 Å². The predicted molar refractivity (Wildman–Crippen MR) is 72.6 cm³/mol. The van der Waals surface area contributed by atoms with Crippen molar-refractivity contribution in [1.29, 1.82) is 0 Å². The van der Waals surface area contributed by atoms with E-state index in [-0.39, 0.29) is 0 Å². The molecule has 1 aromatic heterocycles. The van der Waals surface area contributed by atoms with E-state index in [1.54, 1.807) is 33.3 Å². The van der Waals surface area contributed by atoms with Gasteiger partial charge in [-0.1, -0.05) is 0 Å². The summed E-state index contributed by atoms with van der Waals surface area (Å²) in [6, 6.07) is 3.58. The van der Waals surface area contributed by atoms with Crippen molar-refractivity contribution in [3.05, 3.63) is 18.0 Å². The Morgan fingerprint density at radius 3 is 2.58 bits per heavy atom. The minimum atomic E-state index is 0.432. The summed E-state index contributed by atoms with van der Waals surface area (Å²) in [6.07, 6.45) is 0. The number of hydrogen-bond donors (Lipinski definition) is 1. The molecule has 102 valence electrons. The first-order valence-corrected chi connectivity index (χ1v) is 5.89. The number of hydrogen-bond acceptors (Lipinski definition) is 6. The zero-order valence-corrected chi connectivity index (χ0v) is 11.3. The Labute approximate surface area is 111 Å². The van der Waals surface area contributed by atoms with Gasteiger partial charge in [0.2, 0.25) is 0 Å². The predicted octanol–water partition coefficient (Wildman–Crippen LogP) is 1.55. The van der Waals surface area contributed by atoms with Crippen LogP contribution >= 0.6 is 0 Å². The van der Waals surface area contributed by atoms with Crippen molar-refractivity contribution in [1.82, 2.24) is 9.97 Å². The molecule has 0 saturated heterocycles. The number of nitrogen functional groups attached to an aromatic ring is 1. The molecule has 0 amide bonds. The number of anilines is 1. The highest BCUT2D eigenvalue weighted by atomic mass is 16.5. The van der Waals surface area contributed by atoms with Crippen LogP contribution in [0.5, 0.6) is 11.5 Å². The molecule has 0 aliphatic heterocycles. The fourth-order valence-electron chi connectivity index (χ4n) is 1.79. The number of rotatable bonds is 5. The van der Waals surface area contributed by atoms with E-state index in [1.165, 1.54) is 0 Å². The molecular weight excluding hydrogens is 246 g/mol. The van der Waals surface area contributed by atoms with Crippen LogP contribution in [-0.4, -0.2) is 37.4 Å². The van der Waals surface area contributed by atoms with Crippen LogP contribution in [0.25, 0.3) is 10.9 Å². The molecule has 0 aliphatic rings. The summed E-state index contributed by atoms with van der Waals surface area (Å²) < 4.78 is 15.8. The Bertz CT molecular complexity index is 587. The van der Waals surface area contributed by atoms with Crippen LogP contribution in [0.4, 0.5) is 5.82 Å². The van der Waals surface area contributed by atoms with Crippen molar-refractivity contribution < 1.29 is 14.2 Å². The lowest BCUT2D eigenvalue weighted by atomic mass is 10.2. The molecule has 6 nitrogen and oxygen atoms in total. The Morgan fingerprint density at radius 2 is 1.89 bits per heavy atom. The van der Waals surface area contributed by atoms with Gasteiger partial charge in [0.25, 0.3) is 0 Å². The number of ether oxygens (including phenoxy) is 3. The molecule has 0 aliphatic carbocycles. The Hall–Kier alpha value is -2.08. The monoisotopic (exact) mass is 263 g/mol. The largest absolute Gasteiger partial charge is 0.493 e. The molecule has 0 radical (unpaired) electrons. The fraction of sp³-hybridized carbons (Fsp3) is 0.385. The number of fused-ring (bicyclic) bond motifs is 1. The lowest BCUT2D eigenvalue weighted by Gasteiger charge is -2.12. The van der Waals surface area contributed by atoms with Crippen LogP contribution in [0.15, 0.2) is 12.1 Å². The number of nitrogens with zero attached hydrogens (tertiary/aromatic N) is 2. The third-order valence-corrected chi connectivity index (χ3v) is 2.67. The summed E-state index contributed by atoms with van der Waals surface area (Å²) in [5.74, 6) is 2.27. The Kier molecular flexibility index (Phi) is 4.01. The number of nitrogens with two attached hydrogens (primary N) is 1. The van der Waals surface area contributed by atoms with Gasteiger partial charge in [-0.3, -0.25) is 0 Å². The minimum absolute atomic E-state index is 0.432. The van der Waals surface area contributed by atoms with Crippen molar-refractivity contribution >= 4 is 16.7 Å².